The van der Waals surface area contributed by atoms with Crippen LogP contribution >= 0.6 is 0 Å². The van der Waals surface area contributed by atoms with Gasteiger partial charge in [0.2, 0.25) is 10.0 Å². The molecule has 0 N–H and O–H groups in total. The van der Waals surface area contributed by atoms with Crippen molar-refractivity contribution in [2.75, 3.05) is 46.1 Å². The fraction of sp³-hybridized carbons (Fsp3) is 1.00. The van der Waals surface area contributed by atoms with Gasteiger partial charge in [-0.3, -0.25) is 0 Å². The van der Waals surface area contributed by atoms with Crippen LogP contribution in [0, 0.1) is 0 Å². The van der Waals surface area contributed by atoms with Crippen LogP contribution < -0.4 is 0 Å². The van der Waals surface area contributed by atoms with Crippen molar-refractivity contribution < 1.29 is 13.2 Å². The van der Waals surface area contributed by atoms with Crippen molar-refractivity contribution in [3.8, 4) is 0 Å². The Morgan fingerprint density at radius 1 is 1.53 bits per heavy atom. The Bertz CT molecular complexity index is 292. The standard InChI is InChI=1S/C9H20N2O3S/c1-4-15(12,13)11(3)8-9-7-10(2)5-6-14-9/h9H,4-8H2,1-3H3. The molecule has 0 aromatic heterocycles. The van der Waals surface area contributed by atoms with Crippen molar-refractivity contribution in [3.05, 3.63) is 0 Å². The molecule has 1 heterocycles. The largest absolute Gasteiger partial charge is 0.374 e. The van der Waals surface area contributed by atoms with Gasteiger partial charge in [0.1, 0.15) is 0 Å². The van der Waals surface area contributed by atoms with Gasteiger partial charge in [-0.15, -0.1) is 0 Å². The van der Waals surface area contributed by atoms with Crippen molar-refractivity contribution in [3.63, 3.8) is 0 Å². The van der Waals surface area contributed by atoms with Crippen molar-refractivity contribution in [2.24, 2.45) is 0 Å². The van der Waals surface area contributed by atoms with Crippen LogP contribution in [0.15, 0.2) is 0 Å². The Morgan fingerprint density at radius 2 is 2.20 bits per heavy atom. The number of sulfonamides is 1. The molecule has 0 bridgehead atoms. The van der Waals surface area contributed by atoms with Gasteiger partial charge >= 0.3 is 0 Å². The lowest BCUT2D eigenvalue weighted by atomic mass is 10.3. The number of nitrogens with zero attached hydrogens (tertiary/aromatic N) is 2. The molecule has 1 aliphatic heterocycles. The first-order valence-electron chi connectivity index (χ1n) is 5.20. The third-order valence-electron chi connectivity index (χ3n) is 2.64. The van der Waals surface area contributed by atoms with E-state index in [1.165, 1.54) is 4.31 Å². The van der Waals surface area contributed by atoms with Crippen LogP contribution in [0.5, 0.6) is 0 Å². The lowest BCUT2D eigenvalue weighted by Gasteiger charge is -2.32. The summed E-state index contributed by atoms with van der Waals surface area (Å²) in [7, 11) is 0.545. The van der Waals surface area contributed by atoms with Crippen LogP contribution in [-0.4, -0.2) is 69.8 Å². The summed E-state index contributed by atoms with van der Waals surface area (Å²) in [6, 6.07) is 0. The van der Waals surface area contributed by atoms with Crippen LogP contribution in [0.4, 0.5) is 0 Å². The van der Waals surface area contributed by atoms with Gasteiger partial charge in [0.05, 0.1) is 18.5 Å². The predicted molar refractivity (Wildman–Crippen MR) is 59.3 cm³/mol. The second-order valence-corrected chi connectivity index (χ2v) is 6.30. The molecule has 0 aromatic rings. The first-order chi connectivity index (χ1) is 6.95. The highest BCUT2D eigenvalue weighted by Gasteiger charge is 2.23. The first kappa shape index (κ1) is 12.9. The minimum Gasteiger partial charge on any atom is -0.374 e. The van der Waals surface area contributed by atoms with Crippen molar-refractivity contribution in [2.45, 2.75) is 13.0 Å². The molecular formula is C9H20N2O3S. The minimum atomic E-state index is -3.08. The van der Waals surface area contributed by atoms with Gasteiger partial charge < -0.3 is 9.64 Å². The normalized spacial score (nSPS) is 24.7. The van der Waals surface area contributed by atoms with Crippen molar-refractivity contribution >= 4 is 10.0 Å². The van der Waals surface area contributed by atoms with Crippen LogP contribution in [0.3, 0.4) is 0 Å². The molecule has 1 atom stereocenters. The lowest BCUT2D eigenvalue weighted by Crippen LogP contribution is -2.46. The second kappa shape index (κ2) is 5.25. The molecule has 0 saturated carbocycles. The van der Waals surface area contributed by atoms with Gasteiger partial charge in [-0.05, 0) is 14.0 Å². The molecule has 1 unspecified atom stereocenters. The number of likely N-dealkylation sites (N-methyl/N-ethyl adjacent to an activating group) is 2. The molecule has 0 aromatic carbocycles. The highest BCUT2D eigenvalue weighted by Crippen LogP contribution is 2.07. The van der Waals surface area contributed by atoms with Gasteiger partial charge in [-0.2, -0.15) is 0 Å². The zero-order valence-electron chi connectivity index (χ0n) is 9.64. The molecule has 0 radical (unpaired) electrons. The van der Waals surface area contributed by atoms with E-state index >= 15 is 0 Å². The fourth-order valence-corrected chi connectivity index (χ4v) is 2.43. The van der Waals surface area contributed by atoms with E-state index in [1.807, 2.05) is 7.05 Å². The van der Waals surface area contributed by atoms with Gasteiger partial charge in [-0.1, -0.05) is 0 Å². The van der Waals surface area contributed by atoms with E-state index in [1.54, 1.807) is 14.0 Å². The Labute approximate surface area is 92.0 Å². The Hall–Kier alpha value is -0.170. The molecule has 1 saturated heterocycles. The summed E-state index contributed by atoms with van der Waals surface area (Å²) < 4.78 is 29.9. The van der Waals surface area contributed by atoms with Crippen LogP contribution in [-0.2, 0) is 14.8 Å². The Kier molecular flexibility index (Phi) is 4.51. The fourth-order valence-electron chi connectivity index (χ4n) is 1.60. The molecule has 1 fully saturated rings. The molecule has 0 amide bonds. The monoisotopic (exact) mass is 236 g/mol. The topological polar surface area (TPSA) is 49.9 Å². The summed E-state index contributed by atoms with van der Waals surface area (Å²) in [6.07, 6.45) is -0.00456. The first-order valence-corrected chi connectivity index (χ1v) is 6.80. The van der Waals surface area contributed by atoms with E-state index in [9.17, 15) is 8.42 Å². The number of hydrogen-bond donors (Lipinski definition) is 0. The van der Waals surface area contributed by atoms with Crippen molar-refractivity contribution in [1.82, 2.24) is 9.21 Å². The van der Waals surface area contributed by atoms with E-state index in [0.29, 0.717) is 13.2 Å². The van der Waals surface area contributed by atoms with E-state index in [2.05, 4.69) is 4.90 Å². The molecule has 1 rings (SSSR count). The second-order valence-electron chi connectivity index (χ2n) is 3.94. The molecular weight excluding hydrogens is 216 g/mol. The zero-order valence-corrected chi connectivity index (χ0v) is 10.5. The van der Waals surface area contributed by atoms with Crippen LogP contribution in [0.25, 0.3) is 0 Å². The molecule has 90 valence electrons. The smallest absolute Gasteiger partial charge is 0.213 e. The number of ether oxygens (including phenoxy) is 1. The zero-order chi connectivity index (χ0) is 11.5. The number of rotatable bonds is 4. The maximum atomic E-state index is 11.5. The van der Waals surface area contributed by atoms with E-state index in [-0.39, 0.29) is 11.9 Å². The Morgan fingerprint density at radius 3 is 2.73 bits per heavy atom. The van der Waals surface area contributed by atoms with Gasteiger partial charge in [0.25, 0.3) is 0 Å². The van der Waals surface area contributed by atoms with Crippen molar-refractivity contribution in [1.29, 1.82) is 0 Å². The van der Waals surface area contributed by atoms with Crippen LogP contribution in [0.2, 0.25) is 0 Å². The SMILES string of the molecule is CCS(=O)(=O)N(C)CC1CN(C)CCO1. The summed E-state index contributed by atoms with van der Waals surface area (Å²) >= 11 is 0. The van der Waals surface area contributed by atoms with E-state index in [0.717, 1.165) is 13.1 Å². The highest BCUT2D eigenvalue weighted by molar-refractivity contribution is 7.89. The average Bonchev–Trinajstić information content (AvgIpc) is 2.17. The van der Waals surface area contributed by atoms with Gasteiger partial charge in [0.15, 0.2) is 0 Å². The maximum absolute atomic E-state index is 11.5. The van der Waals surface area contributed by atoms with E-state index in [4.69, 9.17) is 4.74 Å². The molecule has 0 spiro atoms. The minimum absolute atomic E-state index is 0.00456. The third-order valence-corrected chi connectivity index (χ3v) is 4.47. The average molecular weight is 236 g/mol. The summed E-state index contributed by atoms with van der Waals surface area (Å²) in [4.78, 5) is 2.15. The number of hydrogen-bond acceptors (Lipinski definition) is 4. The molecule has 6 heteroatoms. The quantitative estimate of drug-likeness (QED) is 0.666. The number of morpholine rings is 1. The Balaban J connectivity index is 2.47. The predicted octanol–water partition coefficient (Wildman–Crippen LogP) is -0.401. The maximum Gasteiger partial charge on any atom is 0.213 e. The summed E-state index contributed by atoms with van der Waals surface area (Å²) in [6.45, 7) is 4.49. The van der Waals surface area contributed by atoms with Gasteiger partial charge in [0, 0.05) is 26.7 Å². The summed E-state index contributed by atoms with van der Waals surface area (Å²) in [5, 5.41) is 0. The molecule has 15 heavy (non-hydrogen) atoms. The van der Waals surface area contributed by atoms with E-state index < -0.39 is 10.0 Å². The van der Waals surface area contributed by atoms with Gasteiger partial charge in [-0.25, -0.2) is 12.7 Å². The summed E-state index contributed by atoms with van der Waals surface area (Å²) in [5.41, 5.74) is 0. The molecule has 0 aliphatic carbocycles. The summed E-state index contributed by atoms with van der Waals surface area (Å²) in [5.74, 6) is 0.145. The third kappa shape index (κ3) is 3.71. The van der Waals surface area contributed by atoms with Crippen LogP contribution in [0.1, 0.15) is 6.92 Å². The highest BCUT2D eigenvalue weighted by atomic mass is 32.2. The molecule has 5 nitrogen and oxygen atoms in total. The lowest BCUT2D eigenvalue weighted by molar-refractivity contribution is -0.0247. The molecule has 1 aliphatic rings.